The van der Waals surface area contributed by atoms with Crippen molar-refractivity contribution in [3.8, 4) is 0 Å². The highest BCUT2D eigenvalue weighted by atomic mass is 15.2. The van der Waals surface area contributed by atoms with Crippen LogP contribution in [0.3, 0.4) is 0 Å². The SMILES string of the molecule is CN(C)CC1CCCN1CCNC(C1CC1)C1CC1. The van der Waals surface area contributed by atoms with Crippen molar-refractivity contribution in [3.05, 3.63) is 0 Å². The summed E-state index contributed by atoms with van der Waals surface area (Å²) in [7, 11) is 4.40. The van der Waals surface area contributed by atoms with Crippen molar-refractivity contribution in [2.24, 2.45) is 11.8 Å². The number of rotatable bonds is 8. The van der Waals surface area contributed by atoms with Crippen molar-refractivity contribution in [1.82, 2.24) is 15.1 Å². The van der Waals surface area contributed by atoms with Gasteiger partial charge >= 0.3 is 0 Å². The number of likely N-dealkylation sites (N-methyl/N-ethyl adjacent to an activating group) is 1. The van der Waals surface area contributed by atoms with Crippen LogP contribution >= 0.6 is 0 Å². The van der Waals surface area contributed by atoms with Crippen molar-refractivity contribution < 1.29 is 0 Å². The molecule has 0 radical (unpaired) electrons. The van der Waals surface area contributed by atoms with Gasteiger partial charge in [0.25, 0.3) is 0 Å². The molecule has 1 unspecified atom stereocenters. The molecule has 0 aromatic carbocycles. The van der Waals surface area contributed by atoms with Crippen LogP contribution in [0.25, 0.3) is 0 Å². The van der Waals surface area contributed by atoms with E-state index in [-0.39, 0.29) is 0 Å². The average Bonchev–Trinajstić information content (AvgIpc) is 3.26. The van der Waals surface area contributed by atoms with E-state index in [1.807, 2.05) is 0 Å². The molecule has 1 saturated heterocycles. The molecule has 1 heterocycles. The average molecular weight is 265 g/mol. The topological polar surface area (TPSA) is 18.5 Å². The number of hydrogen-bond acceptors (Lipinski definition) is 3. The van der Waals surface area contributed by atoms with E-state index in [1.54, 1.807) is 0 Å². The third-order valence-electron chi connectivity index (χ3n) is 5.11. The molecule has 0 aromatic rings. The van der Waals surface area contributed by atoms with E-state index in [1.165, 1.54) is 64.7 Å². The van der Waals surface area contributed by atoms with Gasteiger partial charge in [-0.1, -0.05) is 0 Å². The predicted molar refractivity (Wildman–Crippen MR) is 80.4 cm³/mol. The van der Waals surface area contributed by atoms with E-state index in [4.69, 9.17) is 0 Å². The molecule has 0 amide bonds. The van der Waals surface area contributed by atoms with Gasteiger partial charge in [0, 0.05) is 31.7 Å². The zero-order valence-corrected chi connectivity index (χ0v) is 12.8. The maximum absolute atomic E-state index is 3.89. The Kier molecular flexibility index (Phi) is 4.45. The Morgan fingerprint density at radius 2 is 1.79 bits per heavy atom. The molecule has 3 aliphatic rings. The van der Waals surface area contributed by atoms with Gasteiger partial charge in [0.15, 0.2) is 0 Å². The molecule has 110 valence electrons. The molecule has 3 fully saturated rings. The zero-order valence-electron chi connectivity index (χ0n) is 12.8. The van der Waals surface area contributed by atoms with E-state index >= 15 is 0 Å². The van der Waals surface area contributed by atoms with Crippen molar-refractivity contribution in [2.75, 3.05) is 40.3 Å². The number of likely N-dealkylation sites (tertiary alicyclic amines) is 1. The highest BCUT2D eigenvalue weighted by Crippen LogP contribution is 2.44. The summed E-state index contributed by atoms with van der Waals surface area (Å²) >= 11 is 0. The van der Waals surface area contributed by atoms with E-state index < -0.39 is 0 Å². The number of nitrogens with zero attached hydrogens (tertiary/aromatic N) is 2. The van der Waals surface area contributed by atoms with E-state index in [9.17, 15) is 0 Å². The fourth-order valence-corrected chi connectivity index (χ4v) is 3.82. The second kappa shape index (κ2) is 6.11. The van der Waals surface area contributed by atoms with Crippen LogP contribution in [0.1, 0.15) is 38.5 Å². The summed E-state index contributed by atoms with van der Waals surface area (Å²) < 4.78 is 0. The minimum absolute atomic E-state index is 0.803. The minimum atomic E-state index is 0.803. The first kappa shape index (κ1) is 13.8. The highest BCUT2D eigenvalue weighted by molar-refractivity contribution is 4.96. The first-order valence-corrected chi connectivity index (χ1v) is 8.36. The summed E-state index contributed by atoms with van der Waals surface area (Å²) in [6.07, 6.45) is 8.74. The molecule has 0 aromatic heterocycles. The third kappa shape index (κ3) is 3.93. The Hall–Kier alpha value is -0.120. The van der Waals surface area contributed by atoms with Crippen molar-refractivity contribution >= 4 is 0 Å². The lowest BCUT2D eigenvalue weighted by Gasteiger charge is -2.28. The Balaban J connectivity index is 1.38. The lowest BCUT2D eigenvalue weighted by molar-refractivity contribution is 0.204. The molecular weight excluding hydrogens is 234 g/mol. The molecule has 1 N–H and O–H groups in total. The van der Waals surface area contributed by atoms with Gasteiger partial charge in [-0.3, -0.25) is 4.90 Å². The molecule has 19 heavy (non-hydrogen) atoms. The van der Waals surface area contributed by atoms with Gasteiger partial charge < -0.3 is 10.2 Å². The zero-order chi connectivity index (χ0) is 13.2. The number of nitrogens with one attached hydrogen (secondary N) is 1. The number of hydrogen-bond donors (Lipinski definition) is 1. The molecule has 0 spiro atoms. The normalized spacial score (nSPS) is 28.7. The summed E-state index contributed by atoms with van der Waals surface area (Å²) in [4.78, 5) is 5.05. The molecule has 1 aliphatic heterocycles. The van der Waals surface area contributed by atoms with Gasteiger partial charge in [-0.05, 0) is 71.0 Å². The molecular formula is C16H31N3. The van der Waals surface area contributed by atoms with E-state index in [2.05, 4.69) is 29.2 Å². The molecule has 2 aliphatic carbocycles. The smallest absolute Gasteiger partial charge is 0.0223 e. The van der Waals surface area contributed by atoms with Crippen LogP contribution in [0.15, 0.2) is 0 Å². The summed E-state index contributed by atoms with van der Waals surface area (Å²) in [6.45, 7) is 5.02. The van der Waals surface area contributed by atoms with Gasteiger partial charge in [0.1, 0.15) is 0 Å². The Morgan fingerprint density at radius 1 is 1.11 bits per heavy atom. The molecule has 0 bridgehead atoms. The van der Waals surface area contributed by atoms with Crippen LogP contribution in [-0.4, -0.2) is 62.2 Å². The van der Waals surface area contributed by atoms with Gasteiger partial charge in [0.05, 0.1) is 0 Å². The summed E-state index contributed by atoms with van der Waals surface area (Å²) in [5.74, 6) is 2.06. The van der Waals surface area contributed by atoms with Crippen LogP contribution in [-0.2, 0) is 0 Å². The Bertz CT molecular complexity index is 272. The predicted octanol–water partition coefficient (Wildman–Crippen LogP) is 1.79. The second-order valence-corrected chi connectivity index (χ2v) is 7.25. The van der Waals surface area contributed by atoms with E-state index in [0.717, 1.165) is 23.9 Å². The van der Waals surface area contributed by atoms with Crippen molar-refractivity contribution in [3.63, 3.8) is 0 Å². The summed E-state index contributed by atoms with van der Waals surface area (Å²) in [5.41, 5.74) is 0. The quantitative estimate of drug-likeness (QED) is 0.722. The first-order chi connectivity index (χ1) is 9.24. The van der Waals surface area contributed by atoms with Crippen LogP contribution < -0.4 is 5.32 Å². The van der Waals surface area contributed by atoms with Gasteiger partial charge in [-0.15, -0.1) is 0 Å². The van der Waals surface area contributed by atoms with Crippen molar-refractivity contribution in [1.29, 1.82) is 0 Å². The lowest BCUT2D eigenvalue weighted by Crippen LogP contribution is -2.43. The maximum Gasteiger partial charge on any atom is 0.0223 e. The van der Waals surface area contributed by atoms with Crippen LogP contribution in [0, 0.1) is 11.8 Å². The standard InChI is InChI=1S/C16H31N3/c1-18(2)12-15-4-3-10-19(15)11-9-17-16(13-5-6-13)14-7-8-14/h13-17H,3-12H2,1-2H3. The third-order valence-corrected chi connectivity index (χ3v) is 5.11. The van der Waals surface area contributed by atoms with Crippen LogP contribution in [0.4, 0.5) is 0 Å². The van der Waals surface area contributed by atoms with Crippen LogP contribution in [0.5, 0.6) is 0 Å². The van der Waals surface area contributed by atoms with Gasteiger partial charge in [-0.2, -0.15) is 0 Å². The van der Waals surface area contributed by atoms with Gasteiger partial charge in [0.2, 0.25) is 0 Å². The fourth-order valence-electron chi connectivity index (χ4n) is 3.82. The lowest BCUT2D eigenvalue weighted by atomic mass is 10.1. The molecule has 1 atom stereocenters. The summed E-state index contributed by atoms with van der Waals surface area (Å²) in [6, 6.07) is 1.67. The maximum atomic E-state index is 3.89. The van der Waals surface area contributed by atoms with E-state index in [0.29, 0.717) is 0 Å². The fraction of sp³-hybridized carbons (Fsp3) is 1.00. The van der Waals surface area contributed by atoms with Crippen molar-refractivity contribution in [2.45, 2.75) is 50.6 Å². The Labute approximate surface area is 118 Å². The Morgan fingerprint density at radius 3 is 2.37 bits per heavy atom. The molecule has 3 rings (SSSR count). The highest BCUT2D eigenvalue weighted by Gasteiger charge is 2.41. The first-order valence-electron chi connectivity index (χ1n) is 8.36. The molecule has 2 saturated carbocycles. The molecule has 3 heteroatoms. The monoisotopic (exact) mass is 265 g/mol. The van der Waals surface area contributed by atoms with Gasteiger partial charge in [-0.25, -0.2) is 0 Å². The molecule has 3 nitrogen and oxygen atoms in total. The second-order valence-electron chi connectivity index (χ2n) is 7.25. The largest absolute Gasteiger partial charge is 0.312 e. The van der Waals surface area contributed by atoms with Crippen LogP contribution in [0.2, 0.25) is 0 Å². The minimum Gasteiger partial charge on any atom is -0.312 e. The summed E-state index contributed by atoms with van der Waals surface area (Å²) in [5, 5.41) is 3.89.